The van der Waals surface area contributed by atoms with Gasteiger partial charge in [-0.3, -0.25) is 14.5 Å². The second-order valence-electron chi connectivity index (χ2n) is 5.98. The molecule has 0 N–H and O–H groups in total. The minimum atomic E-state index is -0.167. The number of rotatable bonds is 5. The van der Waals surface area contributed by atoms with Crippen LogP contribution in [0.15, 0.2) is 36.4 Å². The van der Waals surface area contributed by atoms with Crippen LogP contribution < -0.4 is 0 Å². The molecule has 0 aromatic heterocycles. The molecule has 1 aliphatic heterocycles. The number of nitrogens with zero attached hydrogens (tertiary/aromatic N) is 2. The minimum absolute atomic E-state index is 0.167. The van der Waals surface area contributed by atoms with Crippen LogP contribution in [0.5, 0.6) is 0 Å². The maximum absolute atomic E-state index is 12.6. The van der Waals surface area contributed by atoms with E-state index in [0.29, 0.717) is 17.7 Å². The predicted octanol–water partition coefficient (Wildman–Crippen LogP) is 2.78. The third kappa shape index (κ3) is 2.50. The maximum Gasteiger partial charge on any atom is 0.261 e. The second-order valence-corrected chi connectivity index (χ2v) is 5.98. The van der Waals surface area contributed by atoms with Crippen LogP contribution in [0.1, 0.15) is 33.6 Å². The number of carbonyl (C=O) groups is 2. The van der Waals surface area contributed by atoms with Gasteiger partial charge in [0.25, 0.3) is 11.8 Å². The molecule has 0 unspecified atom stereocenters. The molecule has 2 aromatic rings. The molecule has 2 amide bonds. The van der Waals surface area contributed by atoms with Gasteiger partial charge in [-0.15, -0.1) is 0 Å². The summed E-state index contributed by atoms with van der Waals surface area (Å²) >= 11 is 0. The number of carbonyl (C=O) groups excluding carboxylic acids is 2. The van der Waals surface area contributed by atoms with E-state index in [1.165, 1.54) is 4.90 Å². The van der Waals surface area contributed by atoms with Crippen molar-refractivity contribution < 1.29 is 9.59 Å². The molecule has 0 saturated heterocycles. The normalized spacial score (nSPS) is 14.2. The van der Waals surface area contributed by atoms with Crippen LogP contribution in [0.4, 0.5) is 0 Å². The Morgan fingerprint density at radius 2 is 1.50 bits per heavy atom. The van der Waals surface area contributed by atoms with Crippen molar-refractivity contribution in [1.82, 2.24) is 9.80 Å². The molecule has 4 heteroatoms. The van der Waals surface area contributed by atoms with Crippen molar-refractivity contribution in [1.29, 1.82) is 0 Å². The highest BCUT2D eigenvalue weighted by Gasteiger charge is 2.31. The molecule has 4 nitrogen and oxygen atoms in total. The highest BCUT2D eigenvalue weighted by molar-refractivity contribution is 6.25. The van der Waals surface area contributed by atoms with Crippen molar-refractivity contribution in [3.8, 4) is 0 Å². The Kier molecular flexibility index (Phi) is 3.94. The third-order valence-corrected chi connectivity index (χ3v) is 4.09. The molecule has 0 radical (unpaired) electrons. The van der Waals surface area contributed by atoms with Gasteiger partial charge in [-0.2, -0.15) is 0 Å². The van der Waals surface area contributed by atoms with Gasteiger partial charge in [0.15, 0.2) is 0 Å². The number of imide groups is 1. The van der Waals surface area contributed by atoms with Gasteiger partial charge in [0.1, 0.15) is 0 Å². The number of amides is 2. The first kappa shape index (κ1) is 14.7. The van der Waals surface area contributed by atoms with Gasteiger partial charge in [-0.25, -0.2) is 0 Å². The van der Waals surface area contributed by atoms with Crippen molar-refractivity contribution in [3.05, 3.63) is 47.5 Å². The summed E-state index contributed by atoms with van der Waals surface area (Å²) in [6, 6.07) is 11.3. The highest BCUT2D eigenvalue weighted by atomic mass is 16.2. The average molecular weight is 296 g/mol. The van der Waals surface area contributed by atoms with E-state index in [0.717, 1.165) is 30.2 Å². The lowest BCUT2D eigenvalue weighted by Gasteiger charge is -2.27. The summed E-state index contributed by atoms with van der Waals surface area (Å²) < 4.78 is 0. The number of unbranched alkanes of at least 4 members (excludes halogenated alkanes) is 1. The van der Waals surface area contributed by atoms with E-state index in [1.807, 2.05) is 50.5 Å². The van der Waals surface area contributed by atoms with Crippen molar-refractivity contribution in [2.45, 2.75) is 12.8 Å². The summed E-state index contributed by atoms with van der Waals surface area (Å²) in [5.74, 6) is -0.335. The first-order valence-corrected chi connectivity index (χ1v) is 7.62. The average Bonchev–Trinajstić information content (AvgIpc) is 2.51. The fourth-order valence-corrected chi connectivity index (χ4v) is 2.98. The lowest BCUT2D eigenvalue weighted by atomic mass is 9.94. The van der Waals surface area contributed by atoms with Crippen molar-refractivity contribution in [2.24, 2.45) is 0 Å². The molecule has 2 aromatic carbocycles. The molecule has 3 rings (SSSR count). The van der Waals surface area contributed by atoms with Crippen LogP contribution in [-0.4, -0.2) is 48.8 Å². The van der Waals surface area contributed by atoms with Crippen molar-refractivity contribution >= 4 is 22.6 Å². The van der Waals surface area contributed by atoms with Gasteiger partial charge < -0.3 is 4.90 Å². The van der Waals surface area contributed by atoms with Gasteiger partial charge in [-0.05, 0) is 51.0 Å². The summed E-state index contributed by atoms with van der Waals surface area (Å²) in [4.78, 5) is 28.8. The van der Waals surface area contributed by atoms with E-state index in [4.69, 9.17) is 0 Å². The summed E-state index contributed by atoms with van der Waals surface area (Å²) in [6.07, 6.45) is 1.80. The molecule has 0 aliphatic carbocycles. The quantitative estimate of drug-likeness (QED) is 0.629. The molecular weight excluding hydrogens is 276 g/mol. The SMILES string of the molecule is CN(C)CCCCN1C(=O)c2cccc3cccc(c23)C1=O. The molecule has 0 atom stereocenters. The molecule has 22 heavy (non-hydrogen) atoms. The van der Waals surface area contributed by atoms with Crippen LogP contribution in [0.25, 0.3) is 10.8 Å². The van der Waals surface area contributed by atoms with Gasteiger partial charge in [0.2, 0.25) is 0 Å². The second kappa shape index (κ2) is 5.89. The lowest BCUT2D eigenvalue weighted by molar-refractivity contribution is 0.0607. The molecule has 0 fully saturated rings. The van der Waals surface area contributed by atoms with Crippen LogP contribution in [0, 0.1) is 0 Å². The fraction of sp³-hybridized carbons (Fsp3) is 0.333. The molecule has 0 saturated carbocycles. The van der Waals surface area contributed by atoms with E-state index >= 15 is 0 Å². The summed E-state index contributed by atoms with van der Waals surface area (Å²) in [5, 5.41) is 1.74. The van der Waals surface area contributed by atoms with Gasteiger partial charge in [-0.1, -0.05) is 24.3 Å². The van der Waals surface area contributed by atoms with Crippen LogP contribution in [-0.2, 0) is 0 Å². The summed E-state index contributed by atoms with van der Waals surface area (Å²) in [6.45, 7) is 1.44. The van der Waals surface area contributed by atoms with Crippen LogP contribution in [0.3, 0.4) is 0 Å². The Bertz CT molecular complexity index is 686. The number of benzene rings is 2. The van der Waals surface area contributed by atoms with E-state index in [-0.39, 0.29) is 11.8 Å². The maximum atomic E-state index is 12.6. The van der Waals surface area contributed by atoms with E-state index in [1.54, 1.807) is 0 Å². The van der Waals surface area contributed by atoms with Crippen molar-refractivity contribution in [3.63, 3.8) is 0 Å². The monoisotopic (exact) mass is 296 g/mol. The first-order chi connectivity index (χ1) is 10.6. The first-order valence-electron chi connectivity index (χ1n) is 7.62. The van der Waals surface area contributed by atoms with E-state index < -0.39 is 0 Å². The predicted molar refractivity (Wildman–Crippen MR) is 87.1 cm³/mol. The van der Waals surface area contributed by atoms with Crippen molar-refractivity contribution in [2.75, 3.05) is 27.2 Å². The Labute approximate surface area is 130 Å². The summed E-state index contributed by atoms with van der Waals surface area (Å²) in [7, 11) is 4.04. The topological polar surface area (TPSA) is 40.6 Å². The standard InChI is InChI=1S/C18H20N2O2/c1-19(2)11-3-4-12-20-17(21)14-9-5-7-13-8-6-10-15(16(13)14)18(20)22/h5-10H,3-4,11-12H2,1-2H3. The minimum Gasteiger partial charge on any atom is -0.309 e. The summed E-state index contributed by atoms with van der Waals surface area (Å²) in [5.41, 5.74) is 1.28. The van der Waals surface area contributed by atoms with Gasteiger partial charge in [0, 0.05) is 23.1 Å². The fourth-order valence-electron chi connectivity index (χ4n) is 2.98. The van der Waals surface area contributed by atoms with Crippen LogP contribution >= 0.6 is 0 Å². The molecule has 114 valence electrons. The number of hydrogen-bond donors (Lipinski definition) is 0. The molecule has 0 bridgehead atoms. The molecule has 1 aliphatic rings. The molecule has 1 heterocycles. The Morgan fingerprint density at radius 1 is 0.909 bits per heavy atom. The molecular formula is C18H20N2O2. The molecule has 0 spiro atoms. The zero-order chi connectivity index (χ0) is 15.7. The largest absolute Gasteiger partial charge is 0.309 e. The van der Waals surface area contributed by atoms with Crippen LogP contribution in [0.2, 0.25) is 0 Å². The van der Waals surface area contributed by atoms with E-state index in [9.17, 15) is 9.59 Å². The smallest absolute Gasteiger partial charge is 0.261 e. The number of hydrogen-bond acceptors (Lipinski definition) is 3. The zero-order valence-corrected chi connectivity index (χ0v) is 13.0. The Morgan fingerprint density at radius 3 is 2.05 bits per heavy atom. The van der Waals surface area contributed by atoms with Gasteiger partial charge >= 0.3 is 0 Å². The van der Waals surface area contributed by atoms with E-state index in [2.05, 4.69) is 4.90 Å². The highest BCUT2D eigenvalue weighted by Crippen LogP contribution is 2.29. The zero-order valence-electron chi connectivity index (χ0n) is 13.0. The Balaban J connectivity index is 1.88. The van der Waals surface area contributed by atoms with Gasteiger partial charge in [0.05, 0.1) is 0 Å². The Hall–Kier alpha value is -2.20. The third-order valence-electron chi connectivity index (χ3n) is 4.09. The lowest BCUT2D eigenvalue weighted by Crippen LogP contribution is -2.41.